The van der Waals surface area contributed by atoms with Crippen molar-refractivity contribution in [2.45, 2.75) is 205 Å². The maximum absolute atomic E-state index is 14.8. The summed E-state index contributed by atoms with van der Waals surface area (Å²) in [6.45, 7) is 15.7. The summed E-state index contributed by atoms with van der Waals surface area (Å²) in [5.74, 6) is -4.77. The van der Waals surface area contributed by atoms with Gasteiger partial charge in [-0.05, 0) is 91.7 Å². The second kappa shape index (κ2) is 26.7. The lowest BCUT2D eigenvalue weighted by Gasteiger charge is -2.54. The lowest BCUT2D eigenvalue weighted by molar-refractivity contribution is -0.353. The quantitative estimate of drug-likeness (QED) is 0.0471. The molecule has 6 bridgehead atoms. The van der Waals surface area contributed by atoms with Crippen molar-refractivity contribution in [1.29, 1.82) is 0 Å². The molecule has 0 aromatic heterocycles. The van der Waals surface area contributed by atoms with Gasteiger partial charge in [-0.25, -0.2) is 9.59 Å². The molecule has 3 N–H and O–H groups in total. The Bertz CT molecular complexity index is 2350. The maximum Gasteiger partial charge on any atom is 0.330 e. The SMILES string of the molecule is CC[Si](CC)(CC)O[C@H]1CC(=O)O[C@@H]([C@@H](C)OCc2ccc(OC)cc2)C[C@@H]2C/C(=C\C(=O)OC)[C@H](O)[C@@](O)(O2)C(C)(C)/C=C\[C@H]2C/C(=C\C(=O)OC)C[C@@H](C[C@]3(O)O[C@H](C1)C[C@H](OCc1ccc(OC)cc1)C3(C)C)O2. The van der Waals surface area contributed by atoms with Crippen molar-refractivity contribution in [1.82, 2.24) is 0 Å². The highest BCUT2D eigenvalue weighted by atomic mass is 28.4. The number of fused-ring (bicyclic) bond motifs is 6. The van der Waals surface area contributed by atoms with Crippen LogP contribution in [0.3, 0.4) is 0 Å². The highest BCUT2D eigenvalue weighted by Crippen LogP contribution is 2.50. The van der Waals surface area contributed by atoms with Crippen molar-refractivity contribution in [3.63, 3.8) is 0 Å². The molecule has 11 atom stereocenters. The first-order valence-corrected chi connectivity index (χ1v) is 29.8. The molecule has 4 aliphatic heterocycles. The number of aliphatic hydroxyl groups excluding tert-OH is 1. The summed E-state index contributed by atoms with van der Waals surface area (Å²) in [4.78, 5) is 40.6. The van der Waals surface area contributed by atoms with Crippen molar-refractivity contribution in [3.05, 3.63) is 95.1 Å². The van der Waals surface area contributed by atoms with Crippen molar-refractivity contribution < 1.29 is 81.5 Å². The molecule has 0 saturated carbocycles. The first kappa shape index (κ1) is 61.7. The van der Waals surface area contributed by atoms with E-state index in [2.05, 4.69) is 20.8 Å². The summed E-state index contributed by atoms with van der Waals surface area (Å²) in [6, 6.07) is 17.4. The Labute approximate surface area is 456 Å². The number of hydrogen-bond acceptors (Lipinski definition) is 17. The number of benzene rings is 2. The minimum Gasteiger partial charge on any atom is -0.497 e. The van der Waals surface area contributed by atoms with Crippen LogP contribution in [-0.4, -0.2) is 136 Å². The van der Waals surface area contributed by atoms with E-state index in [1.807, 2.05) is 62.4 Å². The van der Waals surface area contributed by atoms with Crippen LogP contribution in [-0.2, 0) is 69.9 Å². The largest absolute Gasteiger partial charge is 0.497 e. The molecule has 3 saturated heterocycles. The van der Waals surface area contributed by atoms with Crippen LogP contribution < -0.4 is 9.47 Å². The number of esters is 3. The van der Waals surface area contributed by atoms with Gasteiger partial charge in [0.15, 0.2) is 14.1 Å². The first-order valence-electron chi connectivity index (χ1n) is 27.2. The Kier molecular flexibility index (Phi) is 21.4. The van der Waals surface area contributed by atoms with E-state index < -0.39 is 104 Å². The van der Waals surface area contributed by atoms with E-state index in [0.717, 1.165) is 35.3 Å². The van der Waals surface area contributed by atoms with E-state index in [4.69, 9.17) is 51.8 Å². The van der Waals surface area contributed by atoms with Gasteiger partial charge in [0.25, 0.3) is 0 Å². The Morgan fingerprint density at radius 2 is 1.35 bits per heavy atom. The summed E-state index contributed by atoms with van der Waals surface area (Å²) in [7, 11) is 3.28. The van der Waals surface area contributed by atoms with E-state index in [0.29, 0.717) is 23.5 Å². The van der Waals surface area contributed by atoms with Gasteiger partial charge in [-0.15, -0.1) is 0 Å². The highest BCUT2D eigenvalue weighted by molar-refractivity contribution is 6.73. The average Bonchev–Trinajstić information content (AvgIpc) is 3.44. The zero-order chi connectivity index (χ0) is 56.3. The summed E-state index contributed by atoms with van der Waals surface area (Å²) >= 11 is 0. The molecule has 18 heteroatoms. The molecule has 0 amide bonds. The number of carbonyl (C=O) groups excluding carboxylic acids is 3. The van der Waals surface area contributed by atoms with Gasteiger partial charge in [0.2, 0.25) is 5.79 Å². The van der Waals surface area contributed by atoms with Gasteiger partial charge < -0.3 is 67.1 Å². The second-order valence-electron chi connectivity index (χ2n) is 22.3. The third kappa shape index (κ3) is 15.3. The van der Waals surface area contributed by atoms with Crippen molar-refractivity contribution in [2.24, 2.45) is 10.8 Å². The molecular weight excluding hydrogens is 1010 g/mol. The van der Waals surface area contributed by atoms with Crippen LogP contribution in [0.15, 0.2) is 84.0 Å². The molecule has 6 rings (SSSR count). The van der Waals surface area contributed by atoms with E-state index in [1.165, 1.54) is 20.3 Å². The number of carbonyl (C=O) groups is 3. The molecule has 428 valence electrons. The fourth-order valence-electron chi connectivity index (χ4n) is 11.1. The number of hydrogen-bond donors (Lipinski definition) is 3. The van der Waals surface area contributed by atoms with E-state index in [-0.39, 0.29) is 63.7 Å². The maximum atomic E-state index is 14.8. The lowest BCUT2D eigenvalue weighted by atomic mass is 9.70. The Morgan fingerprint density at radius 3 is 1.94 bits per heavy atom. The van der Waals surface area contributed by atoms with Gasteiger partial charge in [0, 0.05) is 42.2 Å². The van der Waals surface area contributed by atoms with Crippen molar-refractivity contribution in [3.8, 4) is 11.5 Å². The van der Waals surface area contributed by atoms with Crippen LogP contribution in [0.25, 0.3) is 0 Å². The zero-order valence-corrected chi connectivity index (χ0v) is 48.4. The smallest absolute Gasteiger partial charge is 0.330 e. The molecule has 4 heterocycles. The molecule has 0 radical (unpaired) electrons. The minimum absolute atomic E-state index is 0.0257. The van der Waals surface area contributed by atoms with Crippen LogP contribution in [0, 0.1) is 10.8 Å². The van der Waals surface area contributed by atoms with E-state index >= 15 is 0 Å². The Morgan fingerprint density at radius 1 is 0.753 bits per heavy atom. The predicted molar refractivity (Wildman–Crippen MR) is 289 cm³/mol. The molecule has 77 heavy (non-hydrogen) atoms. The first-order chi connectivity index (χ1) is 36.5. The van der Waals surface area contributed by atoms with Gasteiger partial charge >= 0.3 is 17.9 Å². The van der Waals surface area contributed by atoms with E-state index in [1.54, 1.807) is 47.1 Å². The second-order valence-corrected chi connectivity index (χ2v) is 27.0. The zero-order valence-electron chi connectivity index (χ0n) is 47.4. The number of aliphatic hydroxyl groups is 3. The molecule has 0 unspecified atom stereocenters. The molecule has 17 nitrogen and oxygen atoms in total. The monoisotopic (exact) mass is 1090 g/mol. The number of cyclic esters (lactones) is 1. The van der Waals surface area contributed by atoms with Gasteiger partial charge in [0.1, 0.15) is 23.7 Å². The predicted octanol–water partition coefficient (Wildman–Crippen LogP) is 8.74. The number of methoxy groups -OCH3 is 4. The summed E-state index contributed by atoms with van der Waals surface area (Å²) in [5, 5.41) is 38.2. The van der Waals surface area contributed by atoms with E-state index in [9.17, 15) is 29.7 Å². The fourth-order valence-corrected chi connectivity index (χ4v) is 14.0. The van der Waals surface area contributed by atoms with Crippen LogP contribution in [0.5, 0.6) is 11.5 Å². The fraction of sp³-hybridized carbons (Fsp3) is 0.644. The molecule has 0 aliphatic carbocycles. The van der Waals surface area contributed by atoms with Crippen molar-refractivity contribution >= 4 is 26.2 Å². The van der Waals surface area contributed by atoms with Gasteiger partial charge in [-0.2, -0.15) is 0 Å². The molecule has 2 aromatic carbocycles. The standard InChI is InChI=1S/C59H86O17Si/c1-13-77(14-2,15-3)76-48-31-47-33-51(71-37-40-18-22-44(67-10)23-19-40)57(7,8)58(64,74-47)35-49-27-41(28-52(60)68-11)26-45(72-49)24-25-56(5,6)59(65)55(63)42(30-53(61)69-12)29-46(75-59)32-50(73-54(62)34-48)38(4)70-36-39-16-20-43(66-9)21-17-39/h16-25,28,30,38,45-51,55,63-65H,13-15,26-27,29,31-37H2,1-12H3/b25-24-,41-28+,42-30+/t38-,45+,46+,47-,48-,49+,50-,51+,55+,58+,59-/m1/s1. The van der Waals surface area contributed by atoms with Crippen LogP contribution >= 0.6 is 0 Å². The van der Waals surface area contributed by atoms with Crippen LogP contribution in [0.1, 0.15) is 118 Å². The molecule has 0 spiro atoms. The Hall–Kier alpha value is -4.47. The molecule has 2 aromatic rings. The lowest BCUT2D eigenvalue weighted by Crippen LogP contribution is -2.62. The third-order valence-electron chi connectivity index (χ3n) is 16.5. The number of rotatable bonds is 16. The molecular formula is C59H86O17Si. The normalized spacial score (nSPS) is 31.8. The average molecular weight is 1100 g/mol. The van der Waals surface area contributed by atoms with Crippen LogP contribution in [0.2, 0.25) is 18.1 Å². The third-order valence-corrected chi connectivity index (χ3v) is 21.2. The summed E-state index contributed by atoms with van der Waals surface area (Å²) in [5.41, 5.74) is 0.113. The Balaban J connectivity index is 1.47. The summed E-state index contributed by atoms with van der Waals surface area (Å²) in [6.07, 6.45) is -1.02. The topological polar surface area (TPSA) is 213 Å². The summed E-state index contributed by atoms with van der Waals surface area (Å²) < 4.78 is 68.2. The minimum atomic E-state index is -2.45. The van der Waals surface area contributed by atoms with Crippen molar-refractivity contribution in [2.75, 3.05) is 28.4 Å². The molecule has 4 aliphatic rings. The van der Waals surface area contributed by atoms with Crippen LogP contribution in [0.4, 0.5) is 0 Å². The highest BCUT2D eigenvalue weighted by Gasteiger charge is 2.58. The molecule has 3 fully saturated rings. The van der Waals surface area contributed by atoms with Gasteiger partial charge in [-0.1, -0.05) is 90.5 Å². The number of ether oxygens (including phenoxy) is 10. The van der Waals surface area contributed by atoms with Gasteiger partial charge in [0.05, 0.1) is 90.8 Å². The van der Waals surface area contributed by atoms with Gasteiger partial charge in [-0.3, -0.25) is 4.79 Å².